The highest BCUT2D eigenvalue weighted by Gasteiger charge is 2.19. The molecular formula is C24H27FN4O2. The molecule has 0 spiro atoms. The molecule has 0 aliphatic rings. The Morgan fingerprint density at radius 1 is 1.13 bits per heavy atom. The van der Waals surface area contributed by atoms with Gasteiger partial charge in [-0.25, -0.2) is 4.39 Å². The summed E-state index contributed by atoms with van der Waals surface area (Å²) in [6, 6.07) is 17.3. The maximum Gasteiger partial charge on any atom is 0.224 e. The van der Waals surface area contributed by atoms with Gasteiger partial charge in [0.2, 0.25) is 11.8 Å². The van der Waals surface area contributed by atoms with Crippen LogP contribution in [0, 0.1) is 5.82 Å². The zero-order chi connectivity index (χ0) is 22.2. The maximum atomic E-state index is 13.1. The SMILES string of the molecule is CC(=O)NC(CC(=O)N(C)CCCc1cc(-c2ccc(F)cc2)n[nH]1)c1ccccc1. The van der Waals surface area contributed by atoms with Crippen LogP contribution in [-0.4, -0.2) is 40.5 Å². The van der Waals surface area contributed by atoms with Gasteiger partial charge in [0.1, 0.15) is 5.82 Å². The molecule has 0 fully saturated rings. The lowest BCUT2D eigenvalue weighted by Gasteiger charge is -2.22. The second-order valence-corrected chi connectivity index (χ2v) is 7.57. The van der Waals surface area contributed by atoms with Crippen molar-refractivity contribution in [2.24, 2.45) is 0 Å². The summed E-state index contributed by atoms with van der Waals surface area (Å²) in [6.07, 6.45) is 1.71. The van der Waals surface area contributed by atoms with Crippen molar-refractivity contribution >= 4 is 11.8 Å². The minimum absolute atomic E-state index is 0.0285. The molecule has 1 aromatic heterocycles. The van der Waals surface area contributed by atoms with E-state index in [2.05, 4.69) is 15.5 Å². The fraction of sp³-hybridized carbons (Fsp3) is 0.292. The molecule has 0 bridgehead atoms. The van der Waals surface area contributed by atoms with Gasteiger partial charge in [-0.05, 0) is 48.7 Å². The lowest BCUT2D eigenvalue weighted by molar-refractivity contribution is -0.130. The first-order valence-corrected chi connectivity index (χ1v) is 10.3. The van der Waals surface area contributed by atoms with Crippen molar-refractivity contribution in [3.8, 4) is 11.3 Å². The highest BCUT2D eigenvalue weighted by atomic mass is 19.1. The summed E-state index contributed by atoms with van der Waals surface area (Å²) in [6.45, 7) is 2.04. The van der Waals surface area contributed by atoms with Crippen molar-refractivity contribution in [2.45, 2.75) is 32.2 Å². The van der Waals surface area contributed by atoms with Gasteiger partial charge < -0.3 is 10.2 Å². The molecular weight excluding hydrogens is 395 g/mol. The number of nitrogens with zero attached hydrogens (tertiary/aromatic N) is 2. The van der Waals surface area contributed by atoms with Crippen LogP contribution in [0.5, 0.6) is 0 Å². The number of aromatic nitrogens is 2. The molecule has 0 saturated carbocycles. The molecule has 3 rings (SSSR count). The van der Waals surface area contributed by atoms with Crippen molar-refractivity contribution in [3.05, 3.63) is 77.7 Å². The van der Waals surface area contributed by atoms with Gasteiger partial charge in [-0.3, -0.25) is 14.7 Å². The van der Waals surface area contributed by atoms with E-state index < -0.39 is 0 Å². The van der Waals surface area contributed by atoms with Crippen LogP contribution in [-0.2, 0) is 16.0 Å². The molecule has 0 radical (unpaired) electrons. The highest BCUT2D eigenvalue weighted by molar-refractivity contribution is 5.79. The van der Waals surface area contributed by atoms with Crippen molar-refractivity contribution in [1.29, 1.82) is 0 Å². The van der Waals surface area contributed by atoms with Gasteiger partial charge in [0.15, 0.2) is 0 Å². The Morgan fingerprint density at radius 2 is 1.84 bits per heavy atom. The summed E-state index contributed by atoms with van der Waals surface area (Å²) >= 11 is 0. The first-order valence-electron chi connectivity index (χ1n) is 10.3. The van der Waals surface area contributed by atoms with Gasteiger partial charge in [-0.15, -0.1) is 0 Å². The van der Waals surface area contributed by atoms with E-state index in [1.54, 1.807) is 24.1 Å². The molecule has 2 aromatic carbocycles. The molecule has 0 aliphatic heterocycles. The number of aryl methyl sites for hydroxylation is 1. The number of carbonyl (C=O) groups is 2. The Bertz CT molecular complexity index is 1000. The van der Waals surface area contributed by atoms with Crippen LogP contribution in [0.4, 0.5) is 4.39 Å². The van der Waals surface area contributed by atoms with Crippen molar-refractivity contribution in [2.75, 3.05) is 13.6 Å². The van der Waals surface area contributed by atoms with E-state index in [1.165, 1.54) is 19.1 Å². The number of rotatable bonds is 9. The molecule has 31 heavy (non-hydrogen) atoms. The average Bonchev–Trinajstić information content (AvgIpc) is 3.23. The predicted octanol–water partition coefficient (Wildman–Crippen LogP) is 3.87. The molecule has 2 amide bonds. The van der Waals surface area contributed by atoms with Crippen LogP contribution in [0.25, 0.3) is 11.3 Å². The van der Waals surface area contributed by atoms with Gasteiger partial charge >= 0.3 is 0 Å². The summed E-state index contributed by atoms with van der Waals surface area (Å²) < 4.78 is 13.1. The molecule has 0 aliphatic carbocycles. The number of hydrogen-bond donors (Lipinski definition) is 2. The number of nitrogens with one attached hydrogen (secondary N) is 2. The van der Waals surface area contributed by atoms with Gasteiger partial charge in [-0.2, -0.15) is 5.10 Å². The number of benzene rings is 2. The monoisotopic (exact) mass is 422 g/mol. The molecule has 1 atom stereocenters. The third kappa shape index (κ3) is 6.50. The van der Waals surface area contributed by atoms with E-state index in [4.69, 9.17) is 0 Å². The molecule has 3 aromatic rings. The third-order valence-corrected chi connectivity index (χ3v) is 5.09. The molecule has 2 N–H and O–H groups in total. The van der Waals surface area contributed by atoms with Gasteiger partial charge in [-0.1, -0.05) is 30.3 Å². The molecule has 0 saturated heterocycles. The van der Waals surface area contributed by atoms with Crippen LogP contribution in [0.1, 0.15) is 37.1 Å². The van der Waals surface area contributed by atoms with E-state index in [-0.39, 0.29) is 30.1 Å². The summed E-state index contributed by atoms with van der Waals surface area (Å²) in [5.74, 6) is -0.472. The largest absolute Gasteiger partial charge is 0.349 e. The minimum atomic E-state index is -0.348. The van der Waals surface area contributed by atoms with Crippen molar-refractivity contribution in [1.82, 2.24) is 20.4 Å². The molecule has 7 heteroatoms. The number of aromatic amines is 1. The lowest BCUT2D eigenvalue weighted by atomic mass is 10.0. The van der Waals surface area contributed by atoms with Crippen LogP contribution in [0.2, 0.25) is 0 Å². The summed E-state index contributed by atoms with van der Waals surface area (Å²) in [4.78, 5) is 25.9. The smallest absolute Gasteiger partial charge is 0.224 e. The molecule has 162 valence electrons. The number of amides is 2. The normalized spacial score (nSPS) is 11.7. The number of halogens is 1. The molecule has 6 nitrogen and oxygen atoms in total. The molecule has 1 heterocycles. The Labute approximate surface area is 181 Å². The average molecular weight is 423 g/mol. The summed E-state index contributed by atoms with van der Waals surface area (Å²) in [7, 11) is 1.77. The van der Waals surface area contributed by atoms with E-state index in [9.17, 15) is 14.0 Å². The van der Waals surface area contributed by atoms with Gasteiger partial charge in [0.25, 0.3) is 0 Å². The Hall–Kier alpha value is -3.48. The van der Waals surface area contributed by atoms with E-state index >= 15 is 0 Å². The second-order valence-electron chi connectivity index (χ2n) is 7.57. The Morgan fingerprint density at radius 3 is 2.52 bits per heavy atom. The topological polar surface area (TPSA) is 78.1 Å². The quantitative estimate of drug-likeness (QED) is 0.549. The van der Waals surface area contributed by atoms with Gasteiger partial charge in [0.05, 0.1) is 18.2 Å². The summed E-state index contributed by atoms with van der Waals surface area (Å²) in [5.41, 5.74) is 3.48. The van der Waals surface area contributed by atoms with Crippen LogP contribution >= 0.6 is 0 Å². The van der Waals surface area contributed by atoms with Crippen molar-refractivity contribution < 1.29 is 14.0 Å². The Balaban J connectivity index is 1.50. The second kappa shape index (κ2) is 10.5. The minimum Gasteiger partial charge on any atom is -0.349 e. The Kier molecular flexibility index (Phi) is 7.54. The highest BCUT2D eigenvalue weighted by Crippen LogP contribution is 2.19. The first kappa shape index (κ1) is 22.2. The third-order valence-electron chi connectivity index (χ3n) is 5.09. The number of H-pyrrole nitrogens is 1. The number of carbonyl (C=O) groups excluding carboxylic acids is 2. The zero-order valence-electron chi connectivity index (χ0n) is 17.8. The number of hydrogen-bond acceptors (Lipinski definition) is 3. The first-order chi connectivity index (χ1) is 14.9. The predicted molar refractivity (Wildman–Crippen MR) is 118 cm³/mol. The van der Waals surface area contributed by atoms with E-state index in [0.717, 1.165) is 35.4 Å². The zero-order valence-corrected chi connectivity index (χ0v) is 17.8. The fourth-order valence-corrected chi connectivity index (χ4v) is 3.40. The van der Waals surface area contributed by atoms with E-state index in [1.807, 2.05) is 36.4 Å². The summed E-state index contributed by atoms with van der Waals surface area (Å²) in [5, 5.41) is 10.1. The van der Waals surface area contributed by atoms with E-state index in [0.29, 0.717) is 6.54 Å². The maximum absolute atomic E-state index is 13.1. The molecule has 1 unspecified atom stereocenters. The van der Waals surface area contributed by atoms with Gasteiger partial charge in [0, 0.05) is 31.8 Å². The lowest BCUT2D eigenvalue weighted by Crippen LogP contribution is -2.34. The van der Waals surface area contributed by atoms with Crippen molar-refractivity contribution in [3.63, 3.8) is 0 Å². The van der Waals surface area contributed by atoms with Crippen LogP contribution < -0.4 is 5.32 Å². The fourth-order valence-electron chi connectivity index (χ4n) is 3.40. The van der Waals surface area contributed by atoms with Crippen LogP contribution in [0.15, 0.2) is 60.7 Å². The standard InChI is InChI=1S/C24H27FN4O2/c1-17(30)26-22(18-7-4-3-5-8-18)16-24(31)29(2)14-6-9-21-15-23(28-27-21)19-10-12-20(25)13-11-19/h3-5,7-8,10-13,15,22H,6,9,14,16H2,1-2H3,(H,26,30)(H,27,28). The van der Waals surface area contributed by atoms with Crippen LogP contribution in [0.3, 0.4) is 0 Å².